The zero-order valence-corrected chi connectivity index (χ0v) is 17.0. The Hall–Kier alpha value is -0.0800. The Labute approximate surface area is 147 Å². The van der Waals surface area contributed by atoms with Crippen molar-refractivity contribution in [3.63, 3.8) is 0 Å². The first kappa shape index (κ1) is 22.9. The van der Waals surface area contributed by atoms with Crippen molar-refractivity contribution in [3.8, 4) is 0 Å². The van der Waals surface area contributed by atoms with Crippen LogP contribution in [0.2, 0.25) is 0 Å². The van der Waals surface area contributed by atoms with Gasteiger partial charge in [-0.25, -0.2) is 0 Å². The highest BCUT2D eigenvalue weighted by Gasteiger charge is 2.17. The van der Waals surface area contributed by atoms with Crippen molar-refractivity contribution in [2.75, 3.05) is 7.05 Å². The van der Waals surface area contributed by atoms with Gasteiger partial charge in [0.2, 0.25) is 0 Å². The highest BCUT2D eigenvalue weighted by atomic mass is 15.0. The molecule has 0 aliphatic rings. The van der Waals surface area contributed by atoms with E-state index in [1.165, 1.54) is 57.8 Å². The largest absolute Gasteiger partial charge is 0.316 e. The monoisotopic (exact) mass is 326 g/mol. The Morgan fingerprint density at radius 1 is 0.826 bits per heavy atom. The van der Waals surface area contributed by atoms with Gasteiger partial charge in [-0.3, -0.25) is 0 Å². The molecule has 0 aliphatic heterocycles. The van der Waals surface area contributed by atoms with Crippen molar-refractivity contribution in [2.45, 2.75) is 105 Å². The van der Waals surface area contributed by atoms with Crippen molar-refractivity contribution in [3.05, 3.63) is 0 Å². The Bertz CT molecular complexity index is 252. The van der Waals surface area contributed by atoms with Crippen molar-refractivity contribution >= 4 is 0 Å². The Kier molecular flexibility index (Phi) is 14.2. The van der Waals surface area contributed by atoms with E-state index >= 15 is 0 Å². The smallest absolute Gasteiger partial charge is 0.0543 e. The van der Waals surface area contributed by atoms with E-state index in [4.69, 9.17) is 5.73 Å². The molecule has 0 fully saturated rings. The van der Waals surface area contributed by atoms with Gasteiger partial charge < -0.3 is 11.1 Å². The molecule has 3 N–H and O–H groups in total. The first-order chi connectivity index (χ1) is 10.9. The predicted octanol–water partition coefficient (Wildman–Crippen LogP) is 5.96. The quantitative estimate of drug-likeness (QED) is 0.288. The topological polar surface area (TPSA) is 38.0 Å². The molecule has 0 aromatic carbocycles. The minimum Gasteiger partial charge on any atom is -0.316 e. The lowest BCUT2D eigenvalue weighted by atomic mass is 9.80. The Balaban J connectivity index is 3.80. The highest BCUT2D eigenvalue weighted by Crippen LogP contribution is 2.29. The standard InChI is InChI=1S/C21H46N2/c1-7-11-20(16-17(2)3)19(5)14-10-13-18(4)12-8-9-15-21(22)23-6/h17-21,23H,7-16,22H2,1-6H3. The number of nitrogens with one attached hydrogen (secondary N) is 1. The maximum Gasteiger partial charge on any atom is 0.0543 e. The minimum atomic E-state index is 0.183. The van der Waals surface area contributed by atoms with Crippen LogP contribution in [-0.4, -0.2) is 13.2 Å². The lowest BCUT2D eigenvalue weighted by molar-refractivity contribution is 0.256. The molecule has 140 valence electrons. The molecule has 0 spiro atoms. The zero-order valence-electron chi connectivity index (χ0n) is 17.0. The Morgan fingerprint density at radius 2 is 1.43 bits per heavy atom. The first-order valence-electron chi connectivity index (χ1n) is 10.3. The summed E-state index contributed by atoms with van der Waals surface area (Å²) in [6.45, 7) is 12.0. The average molecular weight is 327 g/mol. The lowest BCUT2D eigenvalue weighted by Crippen LogP contribution is -2.34. The van der Waals surface area contributed by atoms with E-state index in [1.54, 1.807) is 0 Å². The molecule has 0 saturated carbocycles. The second kappa shape index (κ2) is 14.3. The summed E-state index contributed by atoms with van der Waals surface area (Å²) in [5.41, 5.74) is 5.88. The Morgan fingerprint density at radius 3 is 2.00 bits per heavy atom. The third kappa shape index (κ3) is 12.9. The van der Waals surface area contributed by atoms with Crippen LogP contribution in [0.25, 0.3) is 0 Å². The van der Waals surface area contributed by atoms with E-state index in [-0.39, 0.29) is 6.17 Å². The lowest BCUT2D eigenvalue weighted by Gasteiger charge is -2.26. The third-order valence-corrected chi connectivity index (χ3v) is 5.43. The van der Waals surface area contributed by atoms with Crippen LogP contribution in [0.1, 0.15) is 98.8 Å². The van der Waals surface area contributed by atoms with Crippen LogP contribution in [0.3, 0.4) is 0 Å². The zero-order chi connectivity index (χ0) is 17.7. The van der Waals surface area contributed by atoms with Gasteiger partial charge in [0, 0.05) is 0 Å². The molecule has 4 unspecified atom stereocenters. The molecular formula is C21H46N2. The second-order valence-corrected chi connectivity index (χ2v) is 8.37. The molecule has 0 saturated heterocycles. The van der Waals surface area contributed by atoms with Gasteiger partial charge in [0.05, 0.1) is 6.17 Å². The van der Waals surface area contributed by atoms with Gasteiger partial charge in [-0.2, -0.15) is 0 Å². The average Bonchev–Trinajstić information content (AvgIpc) is 2.50. The molecular weight excluding hydrogens is 280 g/mol. The SMILES string of the molecule is CCCC(CC(C)C)C(C)CCCC(C)CCCCC(N)NC. The maximum absolute atomic E-state index is 5.88. The highest BCUT2D eigenvalue weighted by molar-refractivity contribution is 4.69. The molecule has 23 heavy (non-hydrogen) atoms. The fraction of sp³-hybridized carbons (Fsp3) is 1.00. The summed E-state index contributed by atoms with van der Waals surface area (Å²) in [7, 11) is 1.94. The van der Waals surface area contributed by atoms with Gasteiger partial charge in [0.1, 0.15) is 0 Å². The molecule has 2 heteroatoms. The van der Waals surface area contributed by atoms with Crippen LogP contribution < -0.4 is 11.1 Å². The number of nitrogens with two attached hydrogens (primary N) is 1. The van der Waals surface area contributed by atoms with Gasteiger partial charge in [0.25, 0.3) is 0 Å². The van der Waals surface area contributed by atoms with Crippen molar-refractivity contribution in [1.29, 1.82) is 0 Å². The van der Waals surface area contributed by atoms with Gasteiger partial charge in [0.15, 0.2) is 0 Å². The van der Waals surface area contributed by atoms with Gasteiger partial charge in [-0.05, 0) is 43.6 Å². The molecule has 0 heterocycles. The summed E-state index contributed by atoms with van der Waals surface area (Å²) in [5.74, 6) is 3.57. The summed E-state index contributed by atoms with van der Waals surface area (Å²) >= 11 is 0. The maximum atomic E-state index is 5.88. The van der Waals surface area contributed by atoms with Crippen LogP contribution in [0.5, 0.6) is 0 Å². The normalized spacial score (nSPS) is 17.2. The molecule has 0 amide bonds. The fourth-order valence-corrected chi connectivity index (χ4v) is 3.78. The number of rotatable bonds is 15. The molecule has 0 aromatic rings. The summed E-state index contributed by atoms with van der Waals surface area (Å²) in [6, 6.07) is 0. The van der Waals surface area contributed by atoms with E-state index in [9.17, 15) is 0 Å². The molecule has 0 aromatic heterocycles. The van der Waals surface area contributed by atoms with E-state index < -0.39 is 0 Å². The number of hydrogen-bond donors (Lipinski definition) is 2. The predicted molar refractivity (Wildman–Crippen MR) is 106 cm³/mol. The molecule has 4 atom stereocenters. The molecule has 0 bridgehead atoms. The number of hydrogen-bond acceptors (Lipinski definition) is 2. The molecule has 2 nitrogen and oxygen atoms in total. The summed E-state index contributed by atoms with van der Waals surface area (Å²) in [5, 5.41) is 3.11. The van der Waals surface area contributed by atoms with Gasteiger partial charge >= 0.3 is 0 Å². The summed E-state index contributed by atoms with van der Waals surface area (Å²) in [6.07, 6.45) is 13.7. The summed E-state index contributed by atoms with van der Waals surface area (Å²) < 4.78 is 0. The second-order valence-electron chi connectivity index (χ2n) is 8.37. The molecule has 0 radical (unpaired) electrons. The van der Waals surface area contributed by atoms with Crippen molar-refractivity contribution < 1.29 is 0 Å². The first-order valence-corrected chi connectivity index (χ1v) is 10.3. The van der Waals surface area contributed by atoms with Gasteiger partial charge in [-0.1, -0.05) is 86.0 Å². The van der Waals surface area contributed by atoms with Crippen molar-refractivity contribution in [2.24, 2.45) is 29.4 Å². The van der Waals surface area contributed by atoms with Gasteiger partial charge in [-0.15, -0.1) is 0 Å². The van der Waals surface area contributed by atoms with E-state index in [0.29, 0.717) is 0 Å². The van der Waals surface area contributed by atoms with E-state index in [0.717, 1.165) is 30.1 Å². The molecule has 0 rings (SSSR count). The van der Waals surface area contributed by atoms with Crippen LogP contribution >= 0.6 is 0 Å². The van der Waals surface area contributed by atoms with Crippen molar-refractivity contribution in [1.82, 2.24) is 5.32 Å². The van der Waals surface area contributed by atoms with Crippen LogP contribution in [0.4, 0.5) is 0 Å². The van der Waals surface area contributed by atoms with Crippen LogP contribution in [0, 0.1) is 23.7 Å². The summed E-state index contributed by atoms with van der Waals surface area (Å²) in [4.78, 5) is 0. The minimum absolute atomic E-state index is 0.183. The molecule has 0 aliphatic carbocycles. The van der Waals surface area contributed by atoms with Crippen LogP contribution in [0.15, 0.2) is 0 Å². The fourth-order valence-electron chi connectivity index (χ4n) is 3.78. The van der Waals surface area contributed by atoms with Crippen LogP contribution in [-0.2, 0) is 0 Å². The van der Waals surface area contributed by atoms with E-state index in [1.807, 2.05) is 7.05 Å². The third-order valence-electron chi connectivity index (χ3n) is 5.43. The number of unbranched alkanes of at least 4 members (excludes halogenated alkanes) is 1. The van der Waals surface area contributed by atoms with E-state index in [2.05, 4.69) is 39.9 Å².